The molecular weight excluding hydrogens is 223 g/mol. The number of nitrogens with one attached hydrogen (secondary N) is 1. The smallest absolute Gasteiger partial charge is 0.254 e. The van der Waals surface area contributed by atoms with Crippen molar-refractivity contribution in [1.29, 1.82) is 0 Å². The number of aromatic nitrogens is 1. The summed E-state index contributed by atoms with van der Waals surface area (Å²) < 4.78 is 12.8. The lowest BCUT2D eigenvalue weighted by atomic mass is 10.2. The van der Waals surface area contributed by atoms with Gasteiger partial charge in [0.15, 0.2) is 0 Å². The highest BCUT2D eigenvalue weighted by Crippen LogP contribution is 2.13. The zero-order valence-electron chi connectivity index (χ0n) is 8.00. The number of carbonyl (C=O) groups is 1. The van der Waals surface area contributed by atoms with Gasteiger partial charge in [-0.25, -0.2) is 9.37 Å². The molecule has 15 heavy (non-hydrogen) atoms. The molecule has 0 spiro atoms. The van der Waals surface area contributed by atoms with Crippen LogP contribution in [0.1, 0.15) is 17.3 Å². The number of carbonyl (C=O) groups excluding carboxylic acids is 1. The zero-order valence-corrected chi connectivity index (χ0v) is 8.75. The predicted molar refractivity (Wildman–Crippen MR) is 53.2 cm³/mol. The lowest BCUT2D eigenvalue weighted by molar-refractivity contribution is 0.0923. The van der Waals surface area contributed by atoms with E-state index in [0.29, 0.717) is 0 Å². The fourth-order valence-corrected chi connectivity index (χ4v) is 1.11. The van der Waals surface area contributed by atoms with Gasteiger partial charge in [0.25, 0.3) is 5.91 Å². The Hall–Kier alpha value is -1.20. The molecule has 0 unspecified atom stereocenters. The molecule has 0 aliphatic carbocycles. The lowest BCUT2D eigenvalue weighted by Gasteiger charge is -2.07. The van der Waals surface area contributed by atoms with Crippen molar-refractivity contribution in [3.05, 3.63) is 28.8 Å². The molecule has 0 saturated heterocycles. The Balaban J connectivity index is 2.77. The van der Waals surface area contributed by atoms with E-state index in [0.717, 1.165) is 12.3 Å². The van der Waals surface area contributed by atoms with Crippen LogP contribution in [0.15, 0.2) is 12.3 Å². The molecule has 1 aromatic heterocycles. The van der Waals surface area contributed by atoms with E-state index in [1.807, 2.05) is 0 Å². The van der Waals surface area contributed by atoms with Crippen LogP contribution >= 0.6 is 11.6 Å². The number of nitrogens with zero attached hydrogens (tertiary/aromatic N) is 1. The molecule has 0 fully saturated rings. The maximum absolute atomic E-state index is 12.8. The second kappa shape index (κ2) is 5.04. The molecule has 0 bridgehead atoms. The fourth-order valence-electron chi connectivity index (χ4n) is 0.917. The minimum Gasteiger partial charge on any atom is -0.392 e. The third kappa shape index (κ3) is 3.45. The maximum atomic E-state index is 12.8. The van der Waals surface area contributed by atoms with Crippen molar-refractivity contribution in [2.75, 3.05) is 6.54 Å². The normalized spacial score (nSPS) is 12.3. The summed E-state index contributed by atoms with van der Waals surface area (Å²) in [5.41, 5.74) is -0.0442. The van der Waals surface area contributed by atoms with Crippen LogP contribution in [-0.2, 0) is 0 Å². The summed E-state index contributed by atoms with van der Waals surface area (Å²) in [6, 6.07) is 0.993. The van der Waals surface area contributed by atoms with Crippen molar-refractivity contribution < 1.29 is 14.3 Å². The van der Waals surface area contributed by atoms with Gasteiger partial charge in [-0.2, -0.15) is 0 Å². The van der Waals surface area contributed by atoms with Crippen LogP contribution in [0.25, 0.3) is 0 Å². The van der Waals surface area contributed by atoms with Gasteiger partial charge in [0.05, 0.1) is 17.9 Å². The lowest BCUT2D eigenvalue weighted by Crippen LogP contribution is -2.30. The molecule has 0 radical (unpaired) electrons. The highest BCUT2D eigenvalue weighted by molar-refractivity contribution is 6.32. The summed E-state index contributed by atoms with van der Waals surface area (Å²) in [6.07, 6.45) is 0.252. The first-order chi connectivity index (χ1) is 7.00. The Bertz CT molecular complexity index is 371. The molecule has 0 aliphatic rings. The minimum atomic E-state index is -0.672. The van der Waals surface area contributed by atoms with Crippen molar-refractivity contribution >= 4 is 17.5 Å². The Morgan fingerprint density at radius 1 is 1.80 bits per heavy atom. The van der Waals surface area contributed by atoms with Crippen LogP contribution in [-0.4, -0.2) is 28.6 Å². The van der Waals surface area contributed by atoms with E-state index in [9.17, 15) is 9.18 Å². The standard InChI is InChI=1S/C9H10ClFN2O2/c1-5(14)3-13-9(15)7-2-6(11)4-12-8(7)10/h2,4-5,14H,3H2,1H3,(H,13,15)/t5-/m0/s1. The van der Waals surface area contributed by atoms with Crippen molar-refractivity contribution in [3.8, 4) is 0 Å². The van der Waals surface area contributed by atoms with Crippen LogP contribution in [0, 0.1) is 5.82 Å². The van der Waals surface area contributed by atoms with Gasteiger partial charge in [-0.1, -0.05) is 11.6 Å². The van der Waals surface area contributed by atoms with Crippen LogP contribution in [0.3, 0.4) is 0 Å². The van der Waals surface area contributed by atoms with E-state index < -0.39 is 17.8 Å². The Labute approximate surface area is 91.1 Å². The molecular formula is C9H10ClFN2O2. The first-order valence-corrected chi connectivity index (χ1v) is 4.66. The second-order valence-electron chi connectivity index (χ2n) is 3.05. The van der Waals surface area contributed by atoms with Crippen LogP contribution in [0.2, 0.25) is 5.15 Å². The number of hydrogen-bond acceptors (Lipinski definition) is 3. The highest BCUT2D eigenvalue weighted by Gasteiger charge is 2.12. The van der Waals surface area contributed by atoms with Crippen LogP contribution in [0.4, 0.5) is 4.39 Å². The monoisotopic (exact) mass is 232 g/mol. The average Bonchev–Trinajstić information content (AvgIpc) is 2.18. The maximum Gasteiger partial charge on any atom is 0.254 e. The summed E-state index contributed by atoms with van der Waals surface area (Å²) in [5, 5.41) is 11.3. The summed E-state index contributed by atoms with van der Waals surface area (Å²) in [7, 11) is 0. The Kier molecular flexibility index (Phi) is 3.99. The molecule has 0 aliphatic heterocycles. The molecule has 2 N–H and O–H groups in total. The van der Waals surface area contributed by atoms with Gasteiger partial charge >= 0.3 is 0 Å². The third-order valence-electron chi connectivity index (χ3n) is 1.61. The van der Waals surface area contributed by atoms with Gasteiger partial charge in [-0.05, 0) is 13.0 Å². The van der Waals surface area contributed by atoms with E-state index in [4.69, 9.17) is 16.7 Å². The SMILES string of the molecule is C[C@H](O)CNC(=O)c1cc(F)cnc1Cl. The highest BCUT2D eigenvalue weighted by atomic mass is 35.5. The van der Waals surface area contributed by atoms with E-state index in [-0.39, 0.29) is 17.3 Å². The predicted octanol–water partition coefficient (Wildman–Crippen LogP) is 0.985. The summed E-state index contributed by atoms with van der Waals surface area (Å²) in [5.74, 6) is -1.20. The number of pyridine rings is 1. The van der Waals surface area contributed by atoms with E-state index in [1.54, 1.807) is 0 Å². The van der Waals surface area contributed by atoms with E-state index >= 15 is 0 Å². The molecule has 6 heteroatoms. The fraction of sp³-hybridized carbons (Fsp3) is 0.333. The quantitative estimate of drug-likeness (QED) is 0.764. The van der Waals surface area contributed by atoms with Crippen LogP contribution in [0.5, 0.6) is 0 Å². The molecule has 0 saturated carbocycles. The van der Waals surface area contributed by atoms with Gasteiger partial charge < -0.3 is 10.4 Å². The average molecular weight is 233 g/mol. The third-order valence-corrected chi connectivity index (χ3v) is 1.91. The van der Waals surface area contributed by atoms with Gasteiger partial charge in [-0.15, -0.1) is 0 Å². The number of halogens is 2. The van der Waals surface area contributed by atoms with Crippen molar-refractivity contribution in [2.45, 2.75) is 13.0 Å². The van der Waals surface area contributed by atoms with Gasteiger partial charge in [0, 0.05) is 6.54 Å². The van der Waals surface area contributed by atoms with E-state index in [1.165, 1.54) is 6.92 Å². The second-order valence-corrected chi connectivity index (χ2v) is 3.41. The number of aliphatic hydroxyl groups is 1. The number of rotatable bonds is 3. The molecule has 0 aromatic carbocycles. The van der Waals surface area contributed by atoms with Crippen molar-refractivity contribution in [2.24, 2.45) is 0 Å². The Morgan fingerprint density at radius 2 is 2.47 bits per heavy atom. The van der Waals surface area contributed by atoms with Gasteiger partial charge in [0.2, 0.25) is 0 Å². The number of hydrogen-bond donors (Lipinski definition) is 2. The topological polar surface area (TPSA) is 62.2 Å². The molecule has 1 aromatic rings. The van der Waals surface area contributed by atoms with E-state index in [2.05, 4.69) is 10.3 Å². The largest absolute Gasteiger partial charge is 0.392 e. The summed E-state index contributed by atoms with van der Waals surface area (Å²) in [4.78, 5) is 14.9. The molecule has 1 amide bonds. The van der Waals surface area contributed by atoms with Gasteiger partial charge in [-0.3, -0.25) is 4.79 Å². The van der Waals surface area contributed by atoms with Crippen LogP contribution < -0.4 is 5.32 Å². The number of amides is 1. The minimum absolute atomic E-state index is 0.0442. The summed E-state index contributed by atoms with van der Waals surface area (Å²) in [6.45, 7) is 1.59. The first-order valence-electron chi connectivity index (χ1n) is 4.28. The molecule has 4 nitrogen and oxygen atoms in total. The first kappa shape index (κ1) is 11.9. The molecule has 1 heterocycles. The zero-order chi connectivity index (χ0) is 11.4. The van der Waals surface area contributed by atoms with Gasteiger partial charge in [0.1, 0.15) is 11.0 Å². The molecule has 1 rings (SSSR count). The molecule has 82 valence electrons. The van der Waals surface area contributed by atoms with Crippen molar-refractivity contribution in [1.82, 2.24) is 10.3 Å². The molecule has 1 atom stereocenters. The summed E-state index contributed by atoms with van der Waals surface area (Å²) >= 11 is 5.61. The van der Waals surface area contributed by atoms with Crippen molar-refractivity contribution in [3.63, 3.8) is 0 Å². The number of aliphatic hydroxyl groups excluding tert-OH is 1. The Morgan fingerprint density at radius 3 is 3.07 bits per heavy atom.